The predicted octanol–water partition coefficient (Wildman–Crippen LogP) is 1.33. The van der Waals surface area contributed by atoms with Gasteiger partial charge in [-0.15, -0.1) is 0 Å². The van der Waals surface area contributed by atoms with E-state index in [2.05, 4.69) is 9.72 Å². The third kappa shape index (κ3) is 2.39. The second kappa shape index (κ2) is 4.48. The highest BCUT2D eigenvalue weighted by molar-refractivity contribution is 7.89. The van der Waals surface area contributed by atoms with Gasteiger partial charge in [0.25, 0.3) is 6.43 Å². The Labute approximate surface area is 95.2 Å². The number of hydrogen-bond donors (Lipinski definition) is 1. The lowest BCUT2D eigenvalue weighted by molar-refractivity contribution is 0.141. The van der Waals surface area contributed by atoms with Gasteiger partial charge in [0, 0.05) is 6.20 Å². The van der Waals surface area contributed by atoms with Crippen LogP contribution in [-0.2, 0) is 10.0 Å². The molecule has 1 heterocycles. The Morgan fingerprint density at radius 2 is 2.12 bits per heavy atom. The van der Waals surface area contributed by atoms with Crippen LogP contribution >= 0.6 is 11.6 Å². The van der Waals surface area contributed by atoms with Crippen LogP contribution in [0.3, 0.4) is 0 Å². The van der Waals surface area contributed by atoms with Gasteiger partial charge in [-0.2, -0.15) is 0 Å². The van der Waals surface area contributed by atoms with Gasteiger partial charge in [0.15, 0.2) is 10.6 Å². The third-order valence-corrected chi connectivity index (χ3v) is 2.90. The maximum atomic E-state index is 12.5. The first-order valence-electron chi connectivity index (χ1n) is 3.82. The number of hydrogen-bond acceptors (Lipinski definition) is 4. The van der Waals surface area contributed by atoms with Gasteiger partial charge in [0.05, 0.1) is 7.11 Å². The van der Waals surface area contributed by atoms with Crippen LogP contribution in [0.25, 0.3) is 0 Å². The summed E-state index contributed by atoms with van der Waals surface area (Å²) in [4.78, 5) is 2.34. The fourth-order valence-corrected chi connectivity index (χ4v) is 2.25. The molecule has 0 aliphatic heterocycles. The summed E-state index contributed by atoms with van der Waals surface area (Å²) in [7, 11) is -3.31. The summed E-state index contributed by atoms with van der Waals surface area (Å²) >= 11 is 5.56. The van der Waals surface area contributed by atoms with E-state index >= 15 is 0 Å². The number of nitrogens with two attached hydrogens (primary N) is 1. The van der Waals surface area contributed by atoms with Crippen molar-refractivity contribution in [3.05, 3.63) is 16.9 Å². The quantitative estimate of drug-likeness (QED) is 0.900. The highest BCUT2D eigenvalue weighted by Crippen LogP contribution is 2.36. The number of alkyl halides is 2. The summed E-state index contributed by atoms with van der Waals surface area (Å²) < 4.78 is 52.0. The molecule has 0 aromatic carbocycles. The molecule has 0 saturated heterocycles. The molecule has 2 N–H and O–H groups in total. The van der Waals surface area contributed by atoms with E-state index in [0.29, 0.717) is 0 Å². The topological polar surface area (TPSA) is 82.3 Å². The number of nitrogens with zero attached hydrogens (tertiary/aromatic N) is 1. The molecule has 1 aromatic heterocycles. The van der Waals surface area contributed by atoms with E-state index in [-0.39, 0.29) is 5.02 Å². The molecule has 1 aromatic rings. The fraction of sp³-hybridized carbons (Fsp3) is 0.286. The Balaban J connectivity index is 3.68. The van der Waals surface area contributed by atoms with Gasteiger partial charge in [0.1, 0.15) is 10.7 Å². The van der Waals surface area contributed by atoms with Crippen LogP contribution < -0.4 is 9.88 Å². The van der Waals surface area contributed by atoms with Gasteiger partial charge in [-0.3, -0.25) is 4.98 Å². The Morgan fingerprint density at radius 1 is 1.56 bits per heavy atom. The van der Waals surface area contributed by atoms with Crippen LogP contribution in [0.5, 0.6) is 5.75 Å². The van der Waals surface area contributed by atoms with Crippen LogP contribution in [0.4, 0.5) is 8.78 Å². The lowest BCUT2D eigenvalue weighted by Gasteiger charge is -2.11. The van der Waals surface area contributed by atoms with E-state index in [1.807, 2.05) is 0 Å². The SMILES string of the molecule is COc1c(Cl)cnc(C(F)F)c1S(N)(=O)=O. The number of methoxy groups -OCH3 is 1. The first-order chi connectivity index (χ1) is 7.29. The summed E-state index contributed by atoms with van der Waals surface area (Å²) in [6.07, 6.45) is -2.23. The van der Waals surface area contributed by atoms with Gasteiger partial charge in [-0.1, -0.05) is 11.6 Å². The Kier molecular flexibility index (Phi) is 3.66. The van der Waals surface area contributed by atoms with Crippen molar-refractivity contribution in [2.24, 2.45) is 5.14 Å². The standard InChI is InChI=1S/C7H7ClF2N2O3S/c1-15-5-3(8)2-12-4(7(9)10)6(5)16(11,13)14/h2,7H,1H3,(H2,11,13,14). The number of primary sulfonamides is 1. The van der Waals surface area contributed by atoms with E-state index in [9.17, 15) is 17.2 Å². The fourth-order valence-electron chi connectivity index (χ4n) is 1.09. The molecular formula is C7H7ClF2N2O3S. The molecule has 0 spiro atoms. The van der Waals surface area contributed by atoms with Gasteiger partial charge < -0.3 is 4.74 Å². The molecule has 90 valence electrons. The zero-order valence-electron chi connectivity index (χ0n) is 7.95. The number of pyridine rings is 1. The van der Waals surface area contributed by atoms with E-state index in [1.165, 1.54) is 0 Å². The summed E-state index contributed by atoms with van der Waals surface area (Å²) in [6.45, 7) is 0. The van der Waals surface area contributed by atoms with Gasteiger partial charge >= 0.3 is 0 Å². The highest BCUT2D eigenvalue weighted by Gasteiger charge is 2.28. The van der Waals surface area contributed by atoms with Crippen molar-refractivity contribution in [3.63, 3.8) is 0 Å². The van der Waals surface area contributed by atoms with Crippen molar-refractivity contribution in [2.45, 2.75) is 11.3 Å². The van der Waals surface area contributed by atoms with E-state index in [4.69, 9.17) is 16.7 Å². The van der Waals surface area contributed by atoms with E-state index < -0.39 is 32.8 Å². The average Bonchev–Trinajstić information content (AvgIpc) is 2.15. The summed E-state index contributed by atoms with van der Waals surface area (Å²) in [5.41, 5.74) is -0.983. The number of rotatable bonds is 3. The Hall–Kier alpha value is -0.990. The minimum Gasteiger partial charge on any atom is -0.494 e. The predicted molar refractivity (Wildman–Crippen MR) is 52.1 cm³/mol. The molecule has 16 heavy (non-hydrogen) atoms. The van der Waals surface area contributed by atoms with E-state index in [0.717, 1.165) is 13.3 Å². The molecule has 0 atom stereocenters. The van der Waals surface area contributed by atoms with Crippen LogP contribution in [0, 0.1) is 0 Å². The first kappa shape index (κ1) is 13.1. The summed E-state index contributed by atoms with van der Waals surface area (Å²) in [5, 5.41) is 4.59. The maximum absolute atomic E-state index is 12.5. The number of halogens is 3. The zero-order valence-corrected chi connectivity index (χ0v) is 9.52. The second-order valence-electron chi connectivity index (χ2n) is 2.70. The molecule has 0 aliphatic carbocycles. The maximum Gasteiger partial charge on any atom is 0.281 e. The molecule has 0 amide bonds. The monoisotopic (exact) mass is 272 g/mol. The van der Waals surface area contributed by atoms with Crippen LogP contribution in [0.1, 0.15) is 12.1 Å². The molecule has 0 radical (unpaired) electrons. The summed E-state index contributed by atoms with van der Waals surface area (Å²) in [6, 6.07) is 0. The average molecular weight is 273 g/mol. The van der Waals surface area contributed by atoms with Crippen molar-refractivity contribution in [3.8, 4) is 5.75 Å². The minimum absolute atomic E-state index is 0.212. The molecular weight excluding hydrogens is 266 g/mol. The number of sulfonamides is 1. The lowest BCUT2D eigenvalue weighted by atomic mass is 10.3. The molecule has 0 fully saturated rings. The lowest BCUT2D eigenvalue weighted by Crippen LogP contribution is -2.17. The van der Waals surface area contributed by atoms with Crippen molar-refractivity contribution in [2.75, 3.05) is 7.11 Å². The van der Waals surface area contributed by atoms with Crippen molar-refractivity contribution in [1.29, 1.82) is 0 Å². The second-order valence-corrected chi connectivity index (χ2v) is 4.60. The Morgan fingerprint density at radius 3 is 2.50 bits per heavy atom. The van der Waals surface area contributed by atoms with Crippen molar-refractivity contribution in [1.82, 2.24) is 4.98 Å². The van der Waals surface area contributed by atoms with E-state index in [1.54, 1.807) is 0 Å². The van der Waals surface area contributed by atoms with Crippen LogP contribution in [-0.4, -0.2) is 20.5 Å². The van der Waals surface area contributed by atoms with Gasteiger partial charge in [-0.05, 0) is 0 Å². The normalized spacial score (nSPS) is 11.9. The third-order valence-electron chi connectivity index (χ3n) is 1.67. The molecule has 0 aliphatic rings. The summed E-state index contributed by atoms with van der Waals surface area (Å²) in [5.74, 6) is -0.436. The number of aromatic nitrogens is 1. The van der Waals surface area contributed by atoms with Crippen LogP contribution in [0.2, 0.25) is 5.02 Å². The highest BCUT2D eigenvalue weighted by atomic mass is 35.5. The van der Waals surface area contributed by atoms with Gasteiger partial charge in [-0.25, -0.2) is 22.3 Å². The largest absolute Gasteiger partial charge is 0.494 e. The molecule has 1 rings (SSSR count). The molecule has 0 saturated carbocycles. The number of ether oxygens (including phenoxy) is 1. The van der Waals surface area contributed by atoms with Gasteiger partial charge in [0.2, 0.25) is 10.0 Å². The molecule has 0 unspecified atom stereocenters. The minimum atomic E-state index is -4.40. The smallest absolute Gasteiger partial charge is 0.281 e. The van der Waals surface area contributed by atoms with Crippen LogP contribution in [0.15, 0.2) is 11.1 Å². The Bertz CT molecular complexity index is 507. The zero-order chi connectivity index (χ0) is 12.5. The van der Waals surface area contributed by atoms with Crippen molar-refractivity contribution >= 4 is 21.6 Å². The molecule has 9 heteroatoms. The molecule has 5 nitrogen and oxygen atoms in total. The van der Waals surface area contributed by atoms with Crippen molar-refractivity contribution < 1.29 is 21.9 Å². The first-order valence-corrected chi connectivity index (χ1v) is 5.74. The molecule has 0 bridgehead atoms.